The molecule has 0 aromatic carbocycles. The lowest BCUT2D eigenvalue weighted by atomic mass is 10.2. The van der Waals surface area contributed by atoms with Gasteiger partial charge in [-0.15, -0.1) is 24.2 Å². The first-order valence-electron chi connectivity index (χ1n) is 3.84. The standard InChI is InChI=1S/C7H13NO2S.ClH/c1-2-6-8-5(7(9)10)3-4-11-6;/h5-6,8H,2-4H2,1H3,(H,9,10);1H. The molecule has 72 valence electrons. The van der Waals surface area contributed by atoms with Crippen molar-refractivity contribution >= 4 is 30.1 Å². The highest BCUT2D eigenvalue weighted by atomic mass is 35.5. The molecular weight excluding hydrogens is 198 g/mol. The van der Waals surface area contributed by atoms with E-state index in [1.807, 2.05) is 11.8 Å². The van der Waals surface area contributed by atoms with Crippen LogP contribution >= 0.6 is 24.2 Å². The van der Waals surface area contributed by atoms with Gasteiger partial charge in [0.25, 0.3) is 0 Å². The van der Waals surface area contributed by atoms with Crippen LogP contribution in [0.4, 0.5) is 0 Å². The lowest BCUT2D eigenvalue weighted by Gasteiger charge is -2.26. The molecule has 2 N–H and O–H groups in total. The zero-order valence-electron chi connectivity index (χ0n) is 6.95. The van der Waals surface area contributed by atoms with Crippen LogP contribution in [0, 0.1) is 0 Å². The van der Waals surface area contributed by atoms with Gasteiger partial charge in [0, 0.05) is 0 Å². The topological polar surface area (TPSA) is 49.3 Å². The number of carboxylic acids is 1. The summed E-state index contributed by atoms with van der Waals surface area (Å²) in [6.45, 7) is 2.06. The highest BCUT2D eigenvalue weighted by Crippen LogP contribution is 2.20. The summed E-state index contributed by atoms with van der Waals surface area (Å²) in [6, 6.07) is -0.318. The summed E-state index contributed by atoms with van der Waals surface area (Å²) in [4.78, 5) is 10.5. The summed E-state index contributed by atoms with van der Waals surface area (Å²) in [5.41, 5.74) is 0. The Labute approximate surface area is 82.7 Å². The number of nitrogens with one attached hydrogen (secondary N) is 1. The molecule has 1 heterocycles. The number of carboxylic acid groups (broad SMARTS) is 1. The Balaban J connectivity index is 0.00000121. The van der Waals surface area contributed by atoms with E-state index in [2.05, 4.69) is 12.2 Å². The molecule has 0 radical (unpaired) electrons. The molecule has 3 nitrogen and oxygen atoms in total. The van der Waals surface area contributed by atoms with Gasteiger partial charge in [0.05, 0.1) is 5.37 Å². The van der Waals surface area contributed by atoms with Gasteiger partial charge < -0.3 is 5.11 Å². The third kappa shape index (κ3) is 3.21. The normalized spacial score (nSPS) is 29.1. The zero-order valence-corrected chi connectivity index (χ0v) is 8.58. The molecule has 5 heteroatoms. The summed E-state index contributed by atoms with van der Waals surface area (Å²) in [6.07, 6.45) is 1.74. The van der Waals surface area contributed by atoms with Gasteiger partial charge in [-0.1, -0.05) is 6.92 Å². The maximum Gasteiger partial charge on any atom is 0.320 e. The zero-order chi connectivity index (χ0) is 8.27. The maximum absolute atomic E-state index is 10.5. The van der Waals surface area contributed by atoms with Gasteiger partial charge in [-0.05, 0) is 18.6 Å². The van der Waals surface area contributed by atoms with Crippen molar-refractivity contribution in [2.24, 2.45) is 0 Å². The Hall–Kier alpha value is 0.0700. The number of aliphatic carboxylic acids is 1. The fourth-order valence-electron chi connectivity index (χ4n) is 1.11. The molecule has 2 unspecified atom stereocenters. The summed E-state index contributed by atoms with van der Waals surface area (Å²) < 4.78 is 0. The summed E-state index contributed by atoms with van der Waals surface area (Å²) in [7, 11) is 0. The largest absolute Gasteiger partial charge is 0.480 e. The third-order valence-corrected chi connectivity index (χ3v) is 3.12. The Morgan fingerprint density at radius 3 is 2.92 bits per heavy atom. The van der Waals surface area contributed by atoms with Gasteiger partial charge in [-0.2, -0.15) is 0 Å². The fourth-order valence-corrected chi connectivity index (χ4v) is 2.27. The smallest absolute Gasteiger partial charge is 0.320 e. The lowest BCUT2D eigenvalue weighted by Crippen LogP contribution is -2.45. The number of halogens is 1. The van der Waals surface area contributed by atoms with Crippen LogP contribution in [0.25, 0.3) is 0 Å². The average molecular weight is 212 g/mol. The van der Waals surface area contributed by atoms with E-state index in [-0.39, 0.29) is 18.4 Å². The van der Waals surface area contributed by atoms with E-state index in [4.69, 9.17) is 5.11 Å². The van der Waals surface area contributed by atoms with Crippen LogP contribution in [0.15, 0.2) is 0 Å². The lowest BCUT2D eigenvalue weighted by molar-refractivity contribution is -0.139. The number of thioether (sulfide) groups is 1. The van der Waals surface area contributed by atoms with Crippen LogP contribution in [0.3, 0.4) is 0 Å². The van der Waals surface area contributed by atoms with Gasteiger partial charge >= 0.3 is 5.97 Å². The van der Waals surface area contributed by atoms with E-state index >= 15 is 0 Å². The summed E-state index contributed by atoms with van der Waals surface area (Å²) >= 11 is 1.81. The highest BCUT2D eigenvalue weighted by molar-refractivity contribution is 7.99. The molecule has 0 aromatic rings. The molecule has 2 atom stereocenters. The van der Waals surface area contributed by atoms with E-state index in [0.717, 1.165) is 18.6 Å². The van der Waals surface area contributed by atoms with Crippen molar-refractivity contribution in [1.29, 1.82) is 0 Å². The second-order valence-electron chi connectivity index (χ2n) is 2.61. The van der Waals surface area contributed by atoms with Crippen molar-refractivity contribution in [3.8, 4) is 0 Å². The molecule has 1 aliphatic rings. The number of carbonyl (C=O) groups is 1. The SMILES string of the molecule is CCC1NC(C(=O)O)CCS1.Cl. The number of rotatable bonds is 2. The fraction of sp³-hybridized carbons (Fsp3) is 0.857. The van der Waals surface area contributed by atoms with Gasteiger partial charge in [-0.25, -0.2) is 0 Å². The molecule has 1 rings (SSSR count). The van der Waals surface area contributed by atoms with E-state index in [1.54, 1.807) is 0 Å². The minimum atomic E-state index is -0.719. The molecular formula is C7H14ClNO2S. The summed E-state index contributed by atoms with van der Waals surface area (Å²) in [5.74, 6) is 0.242. The Morgan fingerprint density at radius 2 is 2.42 bits per heavy atom. The summed E-state index contributed by atoms with van der Waals surface area (Å²) in [5, 5.41) is 12.1. The second kappa shape index (κ2) is 5.67. The van der Waals surface area contributed by atoms with E-state index < -0.39 is 5.97 Å². The Kier molecular flexibility index (Phi) is 5.70. The highest BCUT2D eigenvalue weighted by Gasteiger charge is 2.24. The van der Waals surface area contributed by atoms with E-state index in [1.165, 1.54) is 0 Å². The number of hydrogen-bond donors (Lipinski definition) is 2. The van der Waals surface area contributed by atoms with Crippen molar-refractivity contribution in [2.45, 2.75) is 31.2 Å². The Morgan fingerprint density at radius 1 is 1.75 bits per heavy atom. The minimum absolute atomic E-state index is 0. The van der Waals surface area contributed by atoms with Gasteiger partial charge in [0.2, 0.25) is 0 Å². The van der Waals surface area contributed by atoms with Gasteiger partial charge in [-0.3, -0.25) is 10.1 Å². The average Bonchev–Trinajstić information content (AvgIpc) is 2.05. The van der Waals surface area contributed by atoms with Crippen LogP contribution in [0.5, 0.6) is 0 Å². The molecule has 0 saturated carbocycles. The van der Waals surface area contributed by atoms with Crippen LogP contribution in [-0.2, 0) is 4.79 Å². The minimum Gasteiger partial charge on any atom is -0.480 e. The molecule has 1 aliphatic heterocycles. The predicted molar refractivity (Wildman–Crippen MR) is 53.0 cm³/mol. The van der Waals surface area contributed by atoms with Crippen molar-refractivity contribution in [2.75, 3.05) is 5.75 Å². The first-order chi connectivity index (χ1) is 5.24. The monoisotopic (exact) mass is 211 g/mol. The van der Waals surface area contributed by atoms with Gasteiger partial charge in [0.15, 0.2) is 0 Å². The molecule has 1 saturated heterocycles. The van der Waals surface area contributed by atoms with E-state index in [0.29, 0.717) is 5.37 Å². The molecule has 0 aliphatic carbocycles. The van der Waals surface area contributed by atoms with E-state index in [9.17, 15) is 4.79 Å². The van der Waals surface area contributed by atoms with Crippen molar-refractivity contribution in [3.05, 3.63) is 0 Å². The third-order valence-electron chi connectivity index (χ3n) is 1.78. The van der Waals surface area contributed by atoms with Crippen molar-refractivity contribution in [1.82, 2.24) is 5.32 Å². The van der Waals surface area contributed by atoms with Crippen LogP contribution in [-0.4, -0.2) is 28.2 Å². The van der Waals surface area contributed by atoms with Crippen LogP contribution in [0.1, 0.15) is 19.8 Å². The van der Waals surface area contributed by atoms with Crippen molar-refractivity contribution < 1.29 is 9.90 Å². The van der Waals surface area contributed by atoms with Crippen molar-refractivity contribution in [3.63, 3.8) is 0 Å². The molecule has 0 spiro atoms. The van der Waals surface area contributed by atoms with Gasteiger partial charge in [0.1, 0.15) is 6.04 Å². The maximum atomic E-state index is 10.5. The number of hydrogen-bond acceptors (Lipinski definition) is 3. The molecule has 0 aromatic heterocycles. The molecule has 12 heavy (non-hydrogen) atoms. The van der Waals surface area contributed by atoms with Crippen LogP contribution in [0.2, 0.25) is 0 Å². The Bertz CT molecular complexity index is 156. The molecule has 0 amide bonds. The second-order valence-corrected chi connectivity index (χ2v) is 3.92. The molecule has 1 fully saturated rings. The quantitative estimate of drug-likeness (QED) is 0.724. The van der Waals surface area contributed by atoms with Crippen LogP contribution < -0.4 is 5.32 Å². The molecule has 0 bridgehead atoms. The first-order valence-corrected chi connectivity index (χ1v) is 4.89. The predicted octanol–water partition coefficient (Wildman–Crippen LogP) is 1.32. The first kappa shape index (κ1) is 12.1.